The fourth-order valence-corrected chi connectivity index (χ4v) is 5.02. The van der Waals surface area contributed by atoms with Crippen LogP contribution in [0.15, 0.2) is 78.2 Å². The zero-order valence-electron chi connectivity index (χ0n) is 18.0. The highest BCUT2D eigenvalue weighted by Gasteiger charge is 2.13. The topological polar surface area (TPSA) is 96.0 Å². The summed E-state index contributed by atoms with van der Waals surface area (Å²) in [5, 5.41) is 11.1. The lowest BCUT2D eigenvalue weighted by atomic mass is 10.2. The summed E-state index contributed by atoms with van der Waals surface area (Å²) in [6.45, 7) is 2.07. The number of urea groups is 1. The van der Waals surface area contributed by atoms with Gasteiger partial charge in [-0.3, -0.25) is 10.1 Å². The summed E-state index contributed by atoms with van der Waals surface area (Å²) in [5.74, 6) is -0.351. The van der Waals surface area contributed by atoms with E-state index in [2.05, 4.69) is 40.0 Å². The molecule has 0 fully saturated rings. The van der Waals surface area contributed by atoms with Crippen molar-refractivity contribution in [1.82, 2.24) is 9.97 Å². The Kier molecular flexibility index (Phi) is 6.03. The highest BCUT2D eigenvalue weighted by molar-refractivity contribution is 7.21. The van der Waals surface area contributed by atoms with Crippen molar-refractivity contribution in [3.05, 3.63) is 89.4 Å². The minimum Gasteiger partial charge on any atom is -0.321 e. The molecule has 5 rings (SSSR count). The SMILES string of the molecule is Cc1ccc2nc(-c3ccc(NC(=O)c4csc(NC(=O)Nc5ccccc5)n4)cc3)sc2c1. The van der Waals surface area contributed by atoms with E-state index in [1.807, 2.05) is 48.5 Å². The number of aryl methyl sites for hydroxylation is 1. The zero-order valence-corrected chi connectivity index (χ0v) is 19.7. The van der Waals surface area contributed by atoms with E-state index < -0.39 is 6.03 Å². The van der Waals surface area contributed by atoms with Crippen LogP contribution in [0.5, 0.6) is 0 Å². The monoisotopic (exact) mass is 485 g/mol. The molecule has 0 aliphatic carbocycles. The molecule has 3 aromatic carbocycles. The van der Waals surface area contributed by atoms with Crippen LogP contribution in [0.2, 0.25) is 0 Å². The molecule has 168 valence electrons. The van der Waals surface area contributed by atoms with Crippen molar-refractivity contribution in [3.8, 4) is 10.6 Å². The summed E-state index contributed by atoms with van der Waals surface area (Å²) < 4.78 is 1.15. The van der Waals surface area contributed by atoms with Gasteiger partial charge in [0.1, 0.15) is 10.7 Å². The third-order valence-electron chi connectivity index (χ3n) is 4.92. The molecule has 7 nitrogen and oxygen atoms in total. The number of fused-ring (bicyclic) bond motifs is 1. The van der Waals surface area contributed by atoms with Gasteiger partial charge in [0.05, 0.1) is 10.2 Å². The van der Waals surface area contributed by atoms with Crippen molar-refractivity contribution >= 4 is 61.3 Å². The molecule has 3 amide bonds. The number of anilines is 3. The first-order valence-corrected chi connectivity index (χ1v) is 12.1. The van der Waals surface area contributed by atoms with Gasteiger partial charge in [0.2, 0.25) is 0 Å². The van der Waals surface area contributed by atoms with Crippen LogP contribution in [0.1, 0.15) is 16.1 Å². The Bertz CT molecular complexity index is 1480. The van der Waals surface area contributed by atoms with Gasteiger partial charge in [-0.05, 0) is 61.0 Å². The Balaban J connectivity index is 1.21. The second-order valence-corrected chi connectivity index (χ2v) is 9.39. The highest BCUT2D eigenvalue weighted by Crippen LogP contribution is 2.31. The molecule has 2 aromatic heterocycles. The Morgan fingerprint density at radius 3 is 2.38 bits per heavy atom. The fraction of sp³-hybridized carbons (Fsp3) is 0.0400. The maximum Gasteiger partial charge on any atom is 0.325 e. The second kappa shape index (κ2) is 9.42. The second-order valence-electron chi connectivity index (χ2n) is 7.50. The number of aromatic nitrogens is 2. The number of carbonyl (C=O) groups excluding carboxylic acids is 2. The minimum absolute atomic E-state index is 0.227. The number of rotatable bonds is 5. The molecule has 3 N–H and O–H groups in total. The molecule has 34 heavy (non-hydrogen) atoms. The molecular weight excluding hydrogens is 466 g/mol. The van der Waals surface area contributed by atoms with E-state index in [0.29, 0.717) is 16.5 Å². The first kappa shape index (κ1) is 21.7. The molecule has 0 aliphatic rings. The number of para-hydroxylation sites is 1. The quantitative estimate of drug-likeness (QED) is 0.260. The van der Waals surface area contributed by atoms with Crippen LogP contribution in [0, 0.1) is 6.92 Å². The van der Waals surface area contributed by atoms with Gasteiger partial charge in [-0.2, -0.15) is 0 Å². The first-order chi connectivity index (χ1) is 16.5. The van der Waals surface area contributed by atoms with E-state index in [0.717, 1.165) is 20.8 Å². The summed E-state index contributed by atoms with van der Waals surface area (Å²) >= 11 is 2.82. The van der Waals surface area contributed by atoms with Crippen LogP contribution in [-0.2, 0) is 0 Å². The van der Waals surface area contributed by atoms with E-state index in [1.165, 1.54) is 16.9 Å². The smallest absolute Gasteiger partial charge is 0.321 e. The maximum atomic E-state index is 12.6. The van der Waals surface area contributed by atoms with Crippen molar-refractivity contribution in [3.63, 3.8) is 0 Å². The van der Waals surface area contributed by atoms with Gasteiger partial charge in [0.15, 0.2) is 5.13 Å². The van der Waals surface area contributed by atoms with Crippen molar-refractivity contribution in [2.75, 3.05) is 16.0 Å². The molecule has 2 heterocycles. The Morgan fingerprint density at radius 1 is 0.824 bits per heavy atom. The highest BCUT2D eigenvalue weighted by atomic mass is 32.1. The summed E-state index contributed by atoms with van der Waals surface area (Å²) in [4.78, 5) is 33.6. The average Bonchev–Trinajstić information content (AvgIpc) is 3.47. The van der Waals surface area contributed by atoms with Crippen molar-refractivity contribution < 1.29 is 9.59 Å². The molecule has 0 saturated carbocycles. The van der Waals surface area contributed by atoms with Gasteiger partial charge in [-0.1, -0.05) is 24.3 Å². The Morgan fingerprint density at radius 2 is 1.59 bits per heavy atom. The molecule has 5 aromatic rings. The predicted molar refractivity (Wildman–Crippen MR) is 139 cm³/mol. The van der Waals surface area contributed by atoms with Crippen LogP contribution in [-0.4, -0.2) is 21.9 Å². The summed E-state index contributed by atoms with van der Waals surface area (Å²) in [6.07, 6.45) is 0. The Labute approximate surface area is 203 Å². The first-order valence-electron chi connectivity index (χ1n) is 10.4. The van der Waals surface area contributed by atoms with Crippen LogP contribution in [0.4, 0.5) is 21.3 Å². The third-order valence-corrected chi connectivity index (χ3v) is 6.75. The number of hydrogen-bond acceptors (Lipinski definition) is 6. The number of carbonyl (C=O) groups is 2. The van der Waals surface area contributed by atoms with Crippen molar-refractivity contribution in [2.24, 2.45) is 0 Å². The molecule has 0 atom stereocenters. The normalized spacial score (nSPS) is 10.7. The molecule has 9 heteroatoms. The molecule has 0 unspecified atom stereocenters. The fourth-order valence-electron chi connectivity index (χ4n) is 3.26. The maximum absolute atomic E-state index is 12.6. The molecule has 0 aliphatic heterocycles. The van der Waals surface area contributed by atoms with Crippen LogP contribution in [0.25, 0.3) is 20.8 Å². The largest absolute Gasteiger partial charge is 0.325 e. The average molecular weight is 486 g/mol. The lowest BCUT2D eigenvalue weighted by Gasteiger charge is -2.05. The Hall–Kier alpha value is -4.08. The van der Waals surface area contributed by atoms with E-state index >= 15 is 0 Å². The molecular formula is C25H19N5O2S2. The van der Waals surface area contributed by atoms with E-state index in [4.69, 9.17) is 4.98 Å². The lowest BCUT2D eigenvalue weighted by molar-refractivity contribution is 0.102. The van der Waals surface area contributed by atoms with E-state index in [1.54, 1.807) is 28.8 Å². The van der Waals surface area contributed by atoms with Gasteiger partial charge in [-0.15, -0.1) is 22.7 Å². The van der Waals surface area contributed by atoms with Crippen molar-refractivity contribution in [1.29, 1.82) is 0 Å². The van der Waals surface area contributed by atoms with Crippen LogP contribution < -0.4 is 16.0 Å². The number of thiazole rings is 2. The molecule has 0 radical (unpaired) electrons. The summed E-state index contributed by atoms with van der Waals surface area (Å²) in [5.41, 5.74) is 4.72. The van der Waals surface area contributed by atoms with E-state index in [9.17, 15) is 9.59 Å². The third kappa shape index (κ3) is 4.95. The minimum atomic E-state index is -0.423. The number of nitrogens with one attached hydrogen (secondary N) is 3. The predicted octanol–water partition coefficient (Wildman–Crippen LogP) is 6.62. The van der Waals surface area contributed by atoms with Gasteiger partial charge >= 0.3 is 6.03 Å². The van der Waals surface area contributed by atoms with Gasteiger partial charge in [0.25, 0.3) is 5.91 Å². The van der Waals surface area contributed by atoms with Crippen molar-refractivity contribution in [2.45, 2.75) is 6.92 Å². The van der Waals surface area contributed by atoms with Crippen LogP contribution >= 0.6 is 22.7 Å². The van der Waals surface area contributed by atoms with Crippen LogP contribution in [0.3, 0.4) is 0 Å². The van der Waals surface area contributed by atoms with Gasteiger partial charge in [0, 0.05) is 22.3 Å². The number of hydrogen-bond donors (Lipinski definition) is 3. The summed E-state index contributed by atoms with van der Waals surface area (Å²) in [7, 11) is 0. The molecule has 0 bridgehead atoms. The lowest BCUT2D eigenvalue weighted by Crippen LogP contribution is -2.19. The zero-order chi connectivity index (χ0) is 23.5. The number of amides is 3. The van der Waals surface area contributed by atoms with Gasteiger partial charge in [-0.25, -0.2) is 14.8 Å². The number of benzene rings is 3. The molecule has 0 spiro atoms. The van der Waals surface area contributed by atoms with Gasteiger partial charge < -0.3 is 10.6 Å². The standard InChI is InChI=1S/C25H19N5O2S2/c1-15-7-12-19-21(13-15)34-23(28-19)16-8-10-18(11-9-16)26-22(31)20-14-33-25(29-20)30-24(32)27-17-5-3-2-4-6-17/h2-14H,1H3,(H,26,31)(H2,27,29,30,32). The van der Waals surface area contributed by atoms with E-state index in [-0.39, 0.29) is 11.6 Å². The molecule has 0 saturated heterocycles. The number of nitrogens with zero attached hydrogens (tertiary/aromatic N) is 2. The summed E-state index contributed by atoms with van der Waals surface area (Å²) in [6, 6.07) is 22.4.